The molecule has 0 saturated carbocycles. The van der Waals surface area contributed by atoms with Gasteiger partial charge in [0, 0.05) is 43.7 Å². The van der Waals surface area contributed by atoms with Gasteiger partial charge in [-0.3, -0.25) is 9.69 Å². The fourth-order valence-electron chi connectivity index (χ4n) is 3.05. The van der Waals surface area contributed by atoms with Crippen molar-refractivity contribution in [1.29, 1.82) is 0 Å². The maximum atomic E-state index is 12.4. The van der Waals surface area contributed by atoms with Crippen molar-refractivity contribution >= 4 is 41.4 Å². The van der Waals surface area contributed by atoms with Crippen LogP contribution in [0.15, 0.2) is 35.7 Å². The molecular weight excluding hydrogens is 400 g/mol. The van der Waals surface area contributed by atoms with E-state index in [2.05, 4.69) is 22.4 Å². The van der Waals surface area contributed by atoms with Gasteiger partial charge in [0.1, 0.15) is 5.01 Å². The number of amides is 1. The van der Waals surface area contributed by atoms with Crippen LogP contribution in [0.3, 0.4) is 0 Å². The first-order valence-corrected chi connectivity index (χ1v) is 11.2. The Morgan fingerprint density at radius 2 is 1.96 bits per heavy atom. The number of benzene rings is 1. The number of thiazole rings is 1. The normalized spacial score (nSPS) is 16.0. The fraction of sp³-hybridized carbons (Fsp3) is 0.474. The molecule has 1 atom stereocenters. The summed E-state index contributed by atoms with van der Waals surface area (Å²) in [5, 5.41) is 3.20. The summed E-state index contributed by atoms with van der Waals surface area (Å²) in [6.45, 7) is 4.09. The molecular formula is C19H27ClN4OS2. The third kappa shape index (κ3) is 6.19. The van der Waals surface area contributed by atoms with Gasteiger partial charge in [-0.1, -0.05) is 30.3 Å². The second-order valence-electron chi connectivity index (χ2n) is 6.50. The number of aromatic nitrogens is 1. The predicted molar refractivity (Wildman–Crippen MR) is 118 cm³/mol. The average molecular weight is 427 g/mol. The maximum Gasteiger partial charge on any atom is 0.239 e. The van der Waals surface area contributed by atoms with E-state index in [1.54, 1.807) is 23.1 Å². The zero-order chi connectivity index (χ0) is 18.4. The summed E-state index contributed by atoms with van der Waals surface area (Å²) in [7, 11) is 0. The Bertz CT molecular complexity index is 705. The lowest BCUT2D eigenvalue weighted by Crippen LogP contribution is -2.53. The van der Waals surface area contributed by atoms with Crippen molar-refractivity contribution in [3.05, 3.63) is 41.4 Å². The number of hydrogen-bond donors (Lipinski definition) is 1. The van der Waals surface area contributed by atoms with Crippen LogP contribution in [0.4, 0.5) is 0 Å². The molecule has 8 heteroatoms. The topological polar surface area (TPSA) is 62.5 Å². The number of carbonyl (C=O) groups excluding carboxylic acids is 1. The molecule has 0 bridgehead atoms. The molecule has 2 aromatic rings. The van der Waals surface area contributed by atoms with E-state index in [1.807, 2.05) is 29.4 Å². The quantitative estimate of drug-likeness (QED) is 0.737. The lowest BCUT2D eigenvalue weighted by Gasteiger charge is -2.35. The van der Waals surface area contributed by atoms with Crippen molar-refractivity contribution in [3.63, 3.8) is 0 Å². The minimum atomic E-state index is -0.360. The summed E-state index contributed by atoms with van der Waals surface area (Å²) in [5.74, 6) is 1.03. The van der Waals surface area contributed by atoms with Crippen LogP contribution in [-0.4, -0.2) is 64.9 Å². The largest absolute Gasteiger partial charge is 0.339 e. The predicted octanol–water partition coefficient (Wildman–Crippen LogP) is 2.96. The van der Waals surface area contributed by atoms with Crippen LogP contribution >= 0.6 is 35.5 Å². The maximum absolute atomic E-state index is 12.4. The van der Waals surface area contributed by atoms with Crippen LogP contribution in [0.1, 0.15) is 12.1 Å². The smallest absolute Gasteiger partial charge is 0.239 e. The van der Waals surface area contributed by atoms with Gasteiger partial charge in [0.2, 0.25) is 5.91 Å². The van der Waals surface area contributed by atoms with Gasteiger partial charge >= 0.3 is 0 Å². The van der Waals surface area contributed by atoms with Gasteiger partial charge in [-0.25, -0.2) is 4.98 Å². The number of hydrogen-bond acceptors (Lipinski definition) is 6. The molecule has 1 aliphatic heterocycles. The van der Waals surface area contributed by atoms with Gasteiger partial charge in [-0.2, -0.15) is 11.8 Å². The summed E-state index contributed by atoms with van der Waals surface area (Å²) in [6.07, 6.45) is 2.79. The minimum absolute atomic E-state index is 0. The Balaban J connectivity index is 0.00000261. The Hall–Kier alpha value is -1.12. The van der Waals surface area contributed by atoms with Crippen LogP contribution in [-0.2, 0) is 11.3 Å². The minimum Gasteiger partial charge on any atom is -0.339 e. The fourth-order valence-corrected chi connectivity index (χ4v) is 4.36. The monoisotopic (exact) mass is 426 g/mol. The molecule has 27 heavy (non-hydrogen) atoms. The van der Waals surface area contributed by atoms with Crippen molar-refractivity contribution in [2.45, 2.75) is 19.0 Å². The van der Waals surface area contributed by atoms with Crippen molar-refractivity contribution in [1.82, 2.24) is 14.8 Å². The molecule has 2 N–H and O–H groups in total. The Morgan fingerprint density at radius 1 is 1.26 bits per heavy atom. The van der Waals surface area contributed by atoms with E-state index >= 15 is 0 Å². The van der Waals surface area contributed by atoms with E-state index in [4.69, 9.17) is 10.7 Å². The summed E-state index contributed by atoms with van der Waals surface area (Å²) < 4.78 is 0. The standard InChI is InChI=1S/C19H26N4OS2.ClH/c1-25-12-7-17(20)19(24)23-10-8-22(9-11-23)13-16-14-26-18(21-16)15-5-3-2-4-6-15;/h2-6,14,17H,7-13,20H2,1H3;1H/t17-;/m0./s1. The highest BCUT2D eigenvalue weighted by Crippen LogP contribution is 2.24. The second kappa shape index (κ2) is 11.0. The van der Waals surface area contributed by atoms with E-state index in [1.165, 1.54) is 5.56 Å². The van der Waals surface area contributed by atoms with Crippen LogP contribution in [0, 0.1) is 0 Å². The van der Waals surface area contributed by atoms with E-state index in [9.17, 15) is 4.79 Å². The summed E-state index contributed by atoms with van der Waals surface area (Å²) >= 11 is 3.42. The SMILES string of the molecule is CSCC[C@H](N)C(=O)N1CCN(Cc2csc(-c3ccccc3)n2)CC1.Cl. The van der Waals surface area contributed by atoms with Gasteiger partial charge in [-0.15, -0.1) is 23.7 Å². The molecule has 3 rings (SSSR count). The van der Waals surface area contributed by atoms with Crippen molar-refractivity contribution in [3.8, 4) is 10.6 Å². The molecule has 1 amide bonds. The van der Waals surface area contributed by atoms with E-state index < -0.39 is 0 Å². The number of carbonyl (C=O) groups is 1. The van der Waals surface area contributed by atoms with Crippen molar-refractivity contribution in [2.75, 3.05) is 38.2 Å². The molecule has 0 spiro atoms. The zero-order valence-corrected chi connectivity index (χ0v) is 18.0. The molecule has 0 radical (unpaired) electrons. The molecule has 1 aromatic carbocycles. The molecule has 1 fully saturated rings. The first-order chi connectivity index (χ1) is 12.7. The van der Waals surface area contributed by atoms with Crippen LogP contribution < -0.4 is 5.73 Å². The molecule has 1 aliphatic rings. The molecule has 0 aliphatic carbocycles. The molecule has 2 heterocycles. The van der Waals surface area contributed by atoms with Crippen LogP contribution in [0.5, 0.6) is 0 Å². The lowest BCUT2D eigenvalue weighted by atomic mass is 10.2. The number of thioether (sulfide) groups is 1. The summed E-state index contributed by atoms with van der Waals surface area (Å²) in [5.41, 5.74) is 8.29. The number of nitrogens with zero attached hydrogens (tertiary/aromatic N) is 3. The van der Waals surface area contributed by atoms with Gasteiger partial charge in [-0.05, 0) is 18.4 Å². The lowest BCUT2D eigenvalue weighted by molar-refractivity contribution is -0.134. The number of nitrogens with two attached hydrogens (primary N) is 1. The molecule has 1 aromatic heterocycles. The highest BCUT2D eigenvalue weighted by molar-refractivity contribution is 7.98. The number of piperazine rings is 1. The number of rotatable bonds is 7. The Kier molecular flexibility index (Phi) is 9.05. The first kappa shape index (κ1) is 22.2. The van der Waals surface area contributed by atoms with Crippen molar-refractivity contribution in [2.24, 2.45) is 5.73 Å². The van der Waals surface area contributed by atoms with E-state index in [0.29, 0.717) is 0 Å². The van der Waals surface area contributed by atoms with Crippen molar-refractivity contribution < 1.29 is 4.79 Å². The Morgan fingerprint density at radius 3 is 2.63 bits per heavy atom. The second-order valence-corrected chi connectivity index (χ2v) is 8.34. The molecule has 0 unspecified atom stereocenters. The van der Waals surface area contributed by atoms with Gasteiger partial charge in [0.05, 0.1) is 11.7 Å². The molecule has 1 saturated heterocycles. The summed E-state index contributed by atoms with van der Waals surface area (Å²) in [4.78, 5) is 21.4. The van der Waals surface area contributed by atoms with E-state index in [-0.39, 0.29) is 24.4 Å². The highest BCUT2D eigenvalue weighted by Gasteiger charge is 2.25. The first-order valence-electron chi connectivity index (χ1n) is 8.93. The van der Waals surface area contributed by atoms with Gasteiger partial charge < -0.3 is 10.6 Å². The van der Waals surface area contributed by atoms with Gasteiger partial charge in [0.15, 0.2) is 0 Å². The van der Waals surface area contributed by atoms with Gasteiger partial charge in [0.25, 0.3) is 0 Å². The van der Waals surface area contributed by atoms with Crippen LogP contribution in [0.25, 0.3) is 10.6 Å². The zero-order valence-electron chi connectivity index (χ0n) is 15.5. The molecule has 148 valence electrons. The third-order valence-corrected chi connectivity index (χ3v) is 6.18. The molecule has 5 nitrogen and oxygen atoms in total. The average Bonchev–Trinajstić information content (AvgIpc) is 3.15. The third-order valence-electron chi connectivity index (χ3n) is 4.59. The highest BCUT2D eigenvalue weighted by atomic mass is 35.5. The van der Waals surface area contributed by atoms with Crippen LogP contribution in [0.2, 0.25) is 0 Å². The summed E-state index contributed by atoms with van der Waals surface area (Å²) in [6, 6.07) is 9.92. The number of halogens is 1. The Labute approximate surface area is 175 Å². The van der Waals surface area contributed by atoms with E-state index in [0.717, 1.165) is 55.6 Å².